The van der Waals surface area contributed by atoms with Crippen molar-refractivity contribution in [2.75, 3.05) is 36.2 Å². The molecule has 11 heteroatoms. The number of benzene rings is 1. The minimum absolute atomic E-state index is 0.0664. The van der Waals surface area contributed by atoms with E-state index in [0.717, 1.165) is 43.7 Å². The number of hydrogen-bond acceptors (Lipinski definition) is 7. The van der Waals surface area contributed by atoms with Gasteiger partial charge in [-0.15, -0.1) is 11.8 Å². The van der Waals surface area contributed by atoms with Crippen LogP contribution in [0, 0.1) is 11.6 Å². The highest BCUT2D eigenvalue weighted by Crippen LogP contribution is 2.31. The van der Waals surface area contributed by atoms with Crippen LogP contribution >= 0.6 is 11.8 Å². The first-order valence-corrected chi connectivity index (χ1v) is 14.4. The van der Waals surface area contributed by atoms with Crippen LogP contribution in [0.1, 0.15) is 53.0 Å². The summed E-state index contributed by atoms with van der Waals surface area (Å²) in [5.74, 6) is 1.14. The minimum Gasteiger partial charge on any atom is -0.341 e. The number of anilines is 1. The summed E-state index contributed by atoms with van der Waals surface area (Å²) in [5.41, 5.74) is 2.72. The van der Waals surface area contributed by atoms with Gasteiger partial charge in [0.05, 0.1) is 17.0 Å². The van der Waals surface area contributed by atoms with Gasteiger partial charge in [0.1, 0.15) is 17.8 Å². The third kappa shape index (κ3) is 5.07. The summed E-state index contributed by atoms with van der Waals surface area (Å²) in [5, 5.41) is 0.312. The number of aryl methyl sites for hydroxylation is 1. The number of thioether (sulfide) groups is 1. The van der Waals surface area contributed by atoms with Gasteiger partial charge in [0.15, 0.2) is 5.82 Å². The minimum atomic E-state index is -0.499. The zero-order valence-electron chi connectivity index (χ0n) is 21.7. The molecule has 1 aromatic carbocycles. The fourth-order valence-electron chi connectivity index (χ4n) is 5.31. The molecule has 0 spiro atoms. The standard InChI is InChI=1S/C28H29F2N7OS/c1-2-18-13-31-28(32-14-18)35-7-5-21(6-8-35)37-15-23(30)25-24(33-16-34-26(25)37)12-19-3-4-20(11-22(19)29)27(38)36-9-10-39-17-36/h3-4,11,13-16,21H,2,5-10,12,17H2,1H3. The number of nitrogens with zero attached hydrogens (tertiary/aromatic N) is 7. The number of rotatable bonds is 6. The van der Waals surface area contributed by atoms with E-state index in [1.807, 2.05) is 17.0 Å². The number of piperidine rings is 1. The van der Waals surface area contributed by atoms with Crippen LogP contribution in [0.5, 0.6) is 0 Å². The highest BCUT2D eigenvalue weighted by Gasteiger charge is 2.26. The Morgan fingerprint density at radius 2 is 1.85 bits per heavy atom. The van der Waals surface area contributed by atoms with Crippen molar-refractivity contribution in [2.45, 2.75) is 38.6 Å². The molecule has 1 amide bonds. The highest BCUT2D eigenvalue weighted by molar-refractivity contribution is 7.99. The Hall–Kier alpha value is -3.60. The SMILES string of the molecule is CCc1cnc(N2CCC(n3cc(F)c4c(Cc5ccc(C(=O)N6CCSC6)cc5F)ncnc43)CC2)nc1. The number of aromatic nitrogens is 5. The quantitative estimate of drug-likeness (QED) is 0.347. The molecule has 0 saturated carbocycles. The third-order valence-corrected chi connectivity index (χ3v) is 8.55. The average Bonchev–Trinajstić information content (AvgIpc) is 3.63. The van der Waals surface area contributed by atoms with E-state index in [0.29, 0.717) is 46.2 Å². The van der Waals surface area contributed by atoms with Gasteiger partial charge >= 0.3 is 0 Å². The molecule has 2 saturated heterocycles. The molecule has 0 unspecified atom stereocenters. The summed E-state index contributed by atoms with van der Waals surface area (Å²) >= 11 is 1.68. The molecule has 39 heavy (non-hydrogen) atoms. The van der Waals surface area contributed by atoms with Crippen LogP contribution in [-0.2, 0) is 12.8 Å². The van der Waals surface area contributed by atoms with Crippen LogP contribution in [0.4, 0.5) is 14.7 Å². The van der Waals surface area contributed by atoms with Crippen molar-refractivity contribution in [3.63, 3.8) is 0 Å². The van der Waals surface area contributed by atoms with Crippen LogP contribution in [0.2, 0.25) is 0 Å². The molecule has 5 heterocycles. The van der Waals surface area contributed by atoms with E-state index in [1.54, 1.807) is 28.8 Å². The molecule has 6 rings (SSSR count). The molecule has 0 radical (unpaired) electrons. The summed E-state index contributed by atoms with van der Waals surface area (Å²) in [6, 6.07) is 4.57. The van der Waals surface area contributed by atoms with Crippen molar-refractivity contribution in [3.8, 4) is 0 Å². The number of carbonyl (C=O) groups excluding carboxylic acids is 1. The lowest BCUT2D eigenvalue weighted by Crippen LogP contribution is -2.35. The van der Waals surface area contributed by atoms with Gasteiger partial charge in [-0.1, -0.05) is 13.0 Å². The second-order valence-corrected chi connectivity index (χ2v) is 11.0. The zero-order chi connectivity index (χ0) is 26.9. The van der Waals surface area contributed by atoms with Gasteiger partial charge in [0.2, 0.25) is 5.95 Å². The van der Waals surface area contributed by atoms with Crippen LogP contribution < -0.4 is 4.90 Å². The lowest BCUT2D eigenvalue weighted by Gasteiger charge is -2.32. The smallest absolute Gasteiger partial charge is 0.254 e. The van der Waals surface area contributed by atoms with Crippen molar-refractivity contribution in [2.24, 2.45) is 0 Å². The third-order valence-electron chi connectivity index (χ3n) is 7.58. The normalized spacial score (nSPS) is 16.4. The monoisotopic (exact) mass is 549 g/mol. The van der Waals surface area contributed by atoms with Gasteiger partial charge in [-0.3, -0.25) is 4.79 Å². The van der Waals surface area contributed by atoms with Crippen molar-refractivity contribution < 1.29 is 13.6 Å². The Balaban J connectivity index is 1.20. The maximum Gasteiger partial charge on any atom is 0.254 e. The van der Waals surface area contributed by atoms with E-state index >= 15 is 8.78 Å². The number of carbonyl (C=O) groups is 1. The molecule has 2 aliphatic heterocycles. The predicted octanol–water partition coefficient (Wildman–Crippen LogP) is 4.64. The van der Waals surface area contributed by atoms with Crippen molar-refractivity contribution >= 4 is 34.7 Å². The highest BCUT2D eigenvalue weighted by atomic mass is 32.2. The van der Waals surface area contributed by atoms with E-state index in [9.17, 15) is 4.79 Å². The van der Waals surface area contributed by atoms with E-state index in [4.69, 9.17) is 0 Å². The lowest BCUT2D eigenvalue weighted by molar-refractivity contribution is 0.0802. The van der Waals surface area contributed by atoms with Crippen LogP contribution in [0.3, 0.4) is 0 Å². The van der Waals surface area contributed by atoms with Gasteiger partial charge in [-0.05, 0) is 42.5 Å². The molecular weight excluding hydrogens is 520 g/mol. The molecule has 3 aromatic heterocycles. The second-order valence-electron chi connectivity index (χ2n) is 9.96. The first-order valence-electron chi connectivity index (χ1n) is 13.2. The fraction of sp³-hybridized carbons (Fsp3) is 0.393. The Morgan fingerprint density at radius 1 is 1.05 bits per heavy atom. The number of halogens is 2. The summed E-state index contributed by atoms with van der Waals surface area (Å²) in [6.07, 6.45) is 9.21. The van der Waals surface area contributed by atoms with E-state index in [1.165, 1.54) is 18.6 Å². The largest absolute Gasteiger partial charge is 0.341 e. The first kappa shape index (κ1) is 25.7. The van der Waals surface area contributed by atoms with Crippen molar-refractivity contribution in [1.29, 1.82) is 0 Å². The summed E-state index contributed by atoms with van der Waals surface area (Å²) in [4.78, 5) is 34.2. The summed E-state index contributed by atoms with van der Waals surface area (Å²) in [6.45, 7) is 4.24. The maximum atomic E-state index is 15.3. The van der Waals surface area contributed by atoms with Gasteiger partial charge in [0.25, 0.3) is 5.91 Å². The topological polar surface area (TPSA) is 80.0 Å². The van der Waals surface area contributed by atoms with Gasteiger partial charge in [0, 0.05) is 62.0 Å². The molecule has 2 fully saturated rings. The zero-order valence-corrected chi connectivity index (χ0v) is 22.5. The number of fused-ring (bicyclic) bond motifs is 1. The van der Waals surface area contributed by atoms with Gasteiger partial charge in [-0.25, -0.2) is 28.7 Å². The molecule has 0 N–H and O–H groups in total. The average molecular weight is 550 g/mol. The predicted molar refractivity (Wildman–Crippen MR) is 147 cm³/mol. The van der Waals surface area contributed by atoms with Crippen LogP contribution in [-0.4, -0.2) is 66.6 Å². The van der Waals surface area contributed by atoms with E-state index in [2.05, 4.69) is 31.8 Å². The number of amides is 1. The van der Waals surface area contributed by atoms with Gasteiger partial charge in [-0.2, -0.15) is 0 Å². The molecule has 202 valence electrons. The van der Waals surface area contributed by atoms with Gasteiger partial charge < -0.3 is 14.4 Å². The molecule has 0 aliphatic carbocycles. The Morgan fingerprint density at radius 3 is 2.54 bits per heavy atom. The molecule has 8 nitrogen and oxygen atoms in total. The molecular formula is C28H29F2N7OS. The Labute approximate surface area is 229 Å². The summed E-state index contributed by atoms with van der Waals surface area (Å²) in [7, 11) is 0. The van der Waals surface area contributed by atoms with Crippen LogP contribution in [0.25, 0.3) is 11.0 Å². The first-order chi connectivity index (χ1) is 19.0. The van der Waals surface area contributed by atoms with E-state index < -0.39 is 11.6 Å². The second kappa shape index (κ2) is 10.9. The Kier molecular flexibility index (Phi) is 7.16. The summed E-state index contributed by atoms with van der Waals surface area (Å²) < 4.78 is 32.3. The number of hydrogen-bond donors (Lipinski definition) is 0. The molecule has 2 aliphatic rings. The Bertz CT molecular complexity index is 1500. The maximum absolute atomic E-state index is 15.3. The molecule has 0 atom stereocenters. The van der Waals surface area contributed by atoms with E-state index in [-0.39, 0.29) is 18.4 Å². The molecule has 4 aromatic rings. The van der Waals surface area contributed by atoms with Crippen LogP contribution in [0.15, 0.2) is 43.1 Å². The lowest BCUT2D eigenvalue weighted by atomic mass is 10.0. The molecule has 0 bridgehead atoms. The fourth-order valence-corrected chi connectivity index (χ4v) is 6.26. The van der Waals surface area contributed by atoms with Crippen molar-refractivity contribution in [1.82, 2.24) is 29.4 Å². The van der Waals surface area contributed by atoms with Crippen molar-refractivity contribution in [3.05, 3.63) is 77.1 Å².